The summed E-state index contributed by atoms with van der Waals surface area (Å²) in [6.45, 7) is 6.31. The van der Waals surface area contributed by atoms with Crippen molar-refractivity contribution in [3.8, 4) is 0 Å². The first-order valence-corrected chi connectivity index (χ1v) is 6.76. The van der Waals surface area contributed by atoms with E-state index in [0.717, 1.165) is 19.6 Å². The van der Waals surface area contributed by atoms with Crippen LogP contribution in [0, 0.1) is 5.92 Å². The Morgan fingerprint density at radius 3 is 2.71 bits per heavy atom. The molecule has 94 valence electrons. The number of benzene rings is 1. The summed E-state index contributed by atoms with van der Waals surface area (Å²) in [7, 11) is 0. The molecule has 1 aliphatic rings. The van der Waals surface area contributed by atoms with Crippen LogP contribution in [0.15, 0.2) is 30.3 Å². The van der Waals surface area contributed by atoms with Gasteiger partial charge in [-0.3, -0.25) is 0 Å². The minimum absolute atomic E-state index is 0.416. The topological polar surface area (TPSA) is 21.3 Å². The summed E-state index contributed by atoms with van der Waals surface area (Å²) >= 11 is 0. The second kappa shape index (κ2) is 6.18. The van der Waals surface area contributed by atoms with Crippen LogP contribution >= 0.6 is 0 Å². The van der Waals surface area contributed by atoms with E-state index >= 15 is 0 Å². The van der Waals surface area contributed by atoms with Gasteiger partial charge in [-0.1, -0.05) is 44.2 Å². The predicted molar refractivity (Wildman–Crippen MR) is 71.0 cm³/mol. The van der Waals surface area contributed by atoms with Crippen LogP contribution in [0.4, 0.5) is 0 Å². The Hall–Kier alpha value is -0.860. The maximum atomic E-state index is 5.82. The number of hydrogen-bond donors (Lipinski definition) is 1. The standard InChI is InChI=1S/C15H23NO/c1-3-14-13(10-11-17-14)15(16-4-2)12-8-6-5-7-9-12/h5-9,13-16H,3-4,10-11H2,1-2H3. The molecule has 1 saturated heterocycles. The van der Waals surface area contributed by atoms with E-state index in [4.69, 9.17) is 4.74 Å². The molecule has 0 saturated carbocycles. The van der Waals surface area contributed by atoms with E-state index in [0.29, 0.717) is 18.1 Å². The second-order valence-electron chi connectivity index (χ2n) is 4.72. The van der Waals surface area contributed by atoms with Crippen molar-refractivity contribution in [2.45, 2.75) is 38.8 Å². The summed E-state index contributed by atoms with van der Waals surface area (Å²) in [4.78, 5) is 0. The molecule has 1 N–H and O–H groups in total. The SMILES string of the molecule is CCNC(c1ccccc1)C1CCOC1CC. The lowest BCUT2D eigenvalue weighted by Crippen LogP contribution is -2.32. The molecule has 1 fully saturated rings. The zero-order valence-electron chi connectivity index (χ0n) is 10.9. The molecule has 1 aliphatic heterocycles. The Labute approximate surface area is 104 Å². The van der Waals surface area contributed by atoms with Gasteiger partial charge in [0, 0.05) is 18.6 Å². The molecule has 3 unspecified atom stereocenters. The first-order chi connectivity index (χ1) is 8.36. The van der Waals surface area contributed by atoms with Gasteiger partial charge in [0.2, 0.25) is 0 Å². The first kappa shape index (κ1) is 12.6. The number of rotatable bonds is 5. The molecular formula is C15H23NO. The van der Waals surface area contributed by atoms with Gasteiger partial charge >= 0.3 is 0 Å². The molecule has 1 aromatic carbocycles. The van der Waals surface area contributed by atoms with E-state index < -0.39 is 0 Å². The van der Waals surface area contributed by atoms with E-state index in [9.17, 15) is 0 Å². The molecule has 3 atom stereocenters. The molecular weight excluding hydrogens is 210 g/mol. The van der Waals surface area contributed by atoms with Crippen LogP contribution in [0.25, 0.3) is 0 Å². The number of nitrogens with one attached hydrogen (secondary N) is 1. The van der Waals surface area contributed by atoms with Crippen LogP contribution in [-0.4, -0.2) is 19.3 Å². The summed E-state index contributed by atoms with van der Waals surface area (Å²) in [6.07, 6.45) is 2.70. The fraction of sp³-hybridized carbons (Fsp3) is 0.600. The Morgan fingerprint density at radius 1 is 1.29 bits per heavy atom. The Balaban J connectivity index is 2.17. The van der Waals surface area contributed by atoms with Crippen LogP contribution in [0.2, 0.25) is 0 Å². The van der Waals surface area contributed by atoms with Crippen LogP contribution in [0.5, 0.6) is 0 Å². The molecule has 2 nitrogen and oxygen atoms in total. The lowest BCUT2D eigenvalue weighted by atomic mass is 9.86. The minimum atomic E-state index is 0.416. The first-order valence-electron chi connectivity index (χ1n) is 6.76. The summed E-state index contributed by atoms with van der Waals surface area (Å²) in [5.74, 6) is 0.613. The van der Waals surface area contributed by atoms with Crippen LogP contribution in [-0.2, 0) is 4.74 Å². The van der Waals surface area contributed by atoms with Crippen molar-refractivity contribution >= 4 is 0 Å². The van der Waals surface area contributed by atoms with Gasteiger partial charge in [-0.05, 0) is 24.9 Å². The number of hydrogen-bond acceptors (Lipinski definition) is 2. The third kappa shape index (κ3) is 2.88. The average molecular weight is 233 g/mol. The van der Waals surface area contributed by atoms with Crippen molar-refractivity contribution in [3.05, 3.63) is 35.9 Å². The lowest BCUT2D eigenvalue weighted by Gasteiger charge is -2.28. The van der Waals surface area contributed by atoms with Crippen molar-refractivity contribution < 1.29 is 4.74 Å². The molecule has 0 spiro atoms. The summed E-state index contributed by atoms with van der Waals surface area (Å²) < 4.78 is 5.82. The highest BCUT2D eigenvalue weighted by atomic mass is 16.5. The van der Waals surface area contributed by atoms with E-state index in [1.54, 1.807) is 0 Å². The molecule has 2 rings (SSSR count). The summed E-state index contributed by atoms with van der Waals surface area (Å²) in [6, 6.07) is 11.2. The van der Waals surface area contributed by atoms with E-state index in [1.165, 1.54) is 12.0 Å². The normalized spacial score (nSPS) is 26.0. The smallest absolute Gasteiger partial charge is 0.0619 e. The quantitative estimate of drug-likeness (QED) is 0.843. The third-order valence-corrected chi connectivity index (χ3v) is 3.67. The van der Waals surface area contributed by atoms with Crippen LogP contribution in [0.3, 0.4) is 0 Å². The Morgan fingerprint density at radius 2 is 2.06 bits per heavy atom. The summed E-state index contributed by atoms with van der Waals surface area (Å²) in [5.41, 5.74) is 1.39. The monoisotopic (exact) mass is 233 g/mol. The van der Waals surface area contributed by atoms with Gasteiger partial charge in [0.15, 0.2) is 0 Å². The molecule has 0 amide bonds. The largest absolute Gasteiger partial charge is 0.378 e. The zero-order valence-corrected chi connectivity index (χ0v) is 10.9. The van der Waals surface area contributed by atoms with Gasteiger partial charge < -0.3 is 10.1 Å². The fourth-order valence-electron chi connectivity index (χ4n) is 2.86. The minimum Gasteiger partial charge on any atom is -0.378 e. The maximum absolute atomic E-state index is 5.82. The van der Waals surface area contributed by atoms with Gasteiger partial charge in [0.25, 0.3) is 0 Å². The lowest BCUT2D eigenvalue weighted by molar-refractivity contribution is 0.0776. The fourth-order valence-corrected chi connectivity index (χ4v) is 2.86. The highest BCUT2D eigenvalue weighted by Crippen LogP contribution is 2.34. The summed E-state index contributed by atoms with van der Waals surface area (Å²) in [5, 5.41) is 3.63. The highest BCUT2D eigenvalue weighted by molar-refractivity contribution is 5.20. The predicted octanol–water partition coefficient (Wildman–Crippen LogP) is 3.15. The van der Waals surface area contributed by atoms with Gasteiger partial charge in [-0.25, -0.2) is 0 Å². The molecule has 1 heterocycles. The third-order valence-electron chi connectivity index (χ3n) is 3.67. The van der Waals surface area contributed by atoms with Gasteiger partial charge in [-0.2, -0.15) is 0 Å². The molecule has 1 aromatic rings. The maximum Gasteiger partial charge on any atom is 0.0619 e. The van der Waals surface area contributed by atoms with Gasteiger partial charge in [0.05, 0.1) is 6.10 Å². The molecule has 17 heavy (non-hydrogen) atoms. The van der Waals surface area contributed by atoms with Crippen LogP contribution < -0.4 is 5.32 Å². The van der Waals surface area contributed by atoms with E-state index in [2.05, 4.69) is 49.5 Å². The van der Waals surface area contributed by atoms with Crippen molar-refractivity contribution in [1.29, 1.82) is 0 Å². The van der Waals surface area contributed by atoms with Crippen molar-refractivity contribution in [2.24, 2.45) is 5.92 Å². The molecule has 0 aromatic heterocycles. The molecule has 0 bridgehead atoms. The van der Waals surface area contributed by atoms with E-state index in [1.807, 2.05) is 0 Å². The molecule has 2 heteroatoms. The zero-order chi connectivity index (χ0) is 12.1. The number of ether oxygens (including phenoxy) is 1. The highest BCUT2D eigenvalue weighted by Gasteiger charge is 2.33. The van der Waals surface area contributed by atoms with Crippen molar-refractivity contribution in [3.63, 3.8) is 0 Å². The van der Waals surface area contributed by atoms with Gasteiger partial charge in [0.1, 0.15) is 0 Å². The average Bonchev–Trinajstić information content (AvgIpc) is 2.85. The molecule has 0 aliphatic carbocycles. The van der Waals surface area contributed by atoms with E-state index in [-0.39, 0.29) is 0 Å². The van der Waals surface area contributed by atoms with Crippen molar-refractivity contribution in [1.82, 2.24) is 5.32 Å². The van der Waals surface area contributed by atoms with Gasteiger partial charge in [-0.15, -0.1) is 0 Å². The van der Waals surface area contributed by atoms with Crippen LogP contribution in [0.1, 0.15) is 38.3 Å². The van der Waals surface area contributed by atoms with Crippen molar-refractivity contribution in [2.75, 3.05) is 13.2 Å². The second-order valence-corrected chi connectivity index (χ2v) is 4.72. The Kier molecular flexibility index (Phi) is 4.57. The molecule has 0 radical (unpaired) electrons. The Bertz CT molecular complexity index is 325.